The van der Waals surface area contributed by atoms with Gasteiger partial charge in [0.05, 0.1) is 19.7 Å². The minimum Gasteiger partial charge on any atom is -0.395 e. The number of ketones is 4. The molecule has 0 aliphatic carbocycles. The van der Waals surface area contributed by atoms with Crippen LogP contribution in [0.4, 0.5) is 0 Å². The van der Waals surface area contributed by atoms with E-state index in [0.717, 1.165) is 208 Å². The third kappa shape index (κ3) is 73.6. The van der Waals surface area contributed by atoms with E-state index in [1.165, 1.54) is 32.5 Å². The summed E-state index contributed by atoms with van der Waals surface area (Å²) in [4.78, 5) is 107. The van der Waals surface area contributed by atoms with Gasteiger partial charge in [0.2, 0.25) is 23.6 Å². The Morgan fingerprint density at radius 1 is 0.312 bits per heavy atom. The first-order valence-electron chi connectivity index (χ1n) is 39.7. The highest BCUT2D eigenvalue weighted by Gasteiger charge is 2.22. The number of Topliss-reactive ketones (excluding diaryl/α,β-unsaturated/α-hetero) is 4. The molecule has 680 valence electrons. The molecule has 0 aromatic heterocycles. The molecule has 7 aliphatic rings. The van der Waals surface area contributed by atoms with E-state index in [1.807, 2.05) is 103 Å². The summed E-state index contributed by atoms with van der Waals surface area (Å²) in [5.74, 6) is 5.15. The number of piperazine rings is 6. The fourth-order valence-corrected chi connectivity index (χ4v) is 11.1. The summed E-state index contributed by atoms with van der Waals surface area (Å²) in [6.07, 6.45) is 6.16. The van der Waals surface area contributed by atoms with Gasteiger partial charge >= 0.3 is 0 Å². The smallest absolute Gasteiger partial charge is 0.225 e. The number of amides is 4. The zero-order chi connectivity index (χ0) is 77.4. The first-order chi connectivity index (χ1) is 48.3. The number of aliphatic hydroxyl groups is 1. The molecule has 7 rings (SSSR count). The summed E-state index contributed by atoms with van der Waals surface area (Å²) in [6.45, 7) is 68.5. The van der Waals surface area contributed by atoms with E-state index in [1.54, 1.807) is 0 Å². The zero-order valence-electron chi connectivity index (χ0n) is 68.3. The first-order valence-corrected chi connectivity index (χ1v) is 39.7. The maximum atomic E-state index is 11.6. The number of hydrogen-bond acceptors (Lipinski definition) is 21. The molecule has 4 amide bonds. The van der Waals surface area contributed by atoms with Gasteiger partial charge in [0.15, 0.2) is 0 Å². The van der Waals surface area contributed by atoms with E-state index in [-0.39, 0.29) is 140 Å². The van der Waals surface area contributed by atoms with Crippen molar-refractivity contribution in [3.05, 3.63) is 0 Å². The third-order valence-electron chi connectivity index (χ3n) is 17.9. The molecule has 0 bridgehead atoms. The van der Waals surface area contributed by atoms with Crippen LogP contribution in [0.1, 0.15) is 244 Å². The molecule has 7 heterocycles. The molecule has 25 nitrogen and oxygen atoms in total. The highest BCUT2D eigenvalue weighted by Crippen LogP contribution is 2.11. The number of rotatable bonds is 23. The molecule has 0 spiro atoms. The summed E-state index contributed by atoms with van der Waals surface area (Å²) < 4.78 is 0. The third-order valence-corrected chi connectivity index (χ3v) is 17.9. The molecule has 0 unspecified atom stereocenters. The van der Waals surface area contributed by atoms with Gasteiger partial charge in [-0.15, -0.1) is 0 Å². The van der Waals surface area contributed by atoms with E-state index in [2.05, 4.69) is 93.0 Å². The number of β-amino-alcohol motifs (C(OH)–C–C–N with tert-alkyl or cyclic N) is 1. The fraction of sp³-hybridized carbons (Fsp3) is 0.908. The standard InChI is InChI=1S/C12H26N2O.2C10H20N2O.2C9H18N2O.2C8H16N2O.C6H13NO.C5H11NO.10CH4/c1-12(2)11-14-7-3-5-13(9-10-15)6-4-8-14;1-9(2)10(13)3-6-12-7-4-11-5-8-12;1-9(2)3-4-10(13)12-7-5-11-6-8-12;1-8(2)9(12)7-11-5-3-10-4-6-11;1-8(2)7-9(12)11-5-3-10-4-6-11;2*1-7(2)8(11)10-5-3-9-4-6-10;1-5(2)6(8)3-4-7;1-4(2)5(7)3-6;;;;;;;;;;/h12,15H,3-11H2,1-2H3;2*9,11H,3-8H2,1-2H3;2*8,10H,3-7H2,1-2H3;2*7,9H,3-6H2,1-2H3;5H,3-4,7H2,1-2H3;4H,3,6H2,1-2H3;10*1H4. The van der Waals surface area contributed by atoms with Gasteiger partial charge in [0.25, 0.3) is 0 Å². The highest BCUT2D eigenvalue weighted by atomic mass is 16.3. The summed E-state index contributed by atoms with van der Waals surface area (Å²) in [5, 5.41) is 28.4. The van der Waals surface area contributed by atoms with Crippen molar-refractivity contribution in [1.82, 2.24) is 71.1 Å². The lowest BCUT2D eigenvalue weighted by Gasteiger charge is -2.30. The predicted octanol–water partition coefficient (Wildman–Crippen LogP) is 10.2. The summed E-state index contributed by atoms with van der Waals surface area (Å²) in [5.41, 5.74) is 10.2. The topological polar surface area (TPSA) is 307 Å². The number of hydrogen-bond donors (Lipinski definition) is 9. The number of carbonyl (C=O) groups is 8. The number of carbonyl (C=O) groups excluding carboxylic acids is 8. The second-order valence-electron chi connectivity index (χ2n) is 30.8. The van der Waals surface area contributed by atoms with Crippen LogP contribution in [-0.4, -0.2) is 320 Å². The SMILES string of the molecule is C.C.C.C.C.C.C.C.C.C.CC(C)C(=O)CCN.CC(C)C(=O)CCN1CCNCC1.CC(C)C(=O)CN.CC(C)C(=O)CN1CCNCC1.CC(C)C(=O)N1CCNCC1.CC(C)C(=O)N1CCNCC1.CC(C)CC(=O)N1CCNCC1.CC(C)CCC(=O)N1CCNCC1.CC(C)CN1CCCN(CCO)CCC1. The molecule has 7 fully saturated rings. The molecule has 0 aromatic rings. The van der Waals surface area contributed by atoms with Gasteiger partial charge < -0.3 is 82.8 Å². The number of nitrogens with two attached hydrogens (primary N) is 2. The van der Waals surface area contributed by atoms with E-state index in [0.29, 0.717) is 67.8 Å². The predicted molar refractivity (Wildman–Crippen MR) is 488 cm³/mol. The number of nitrogens with one attached hydrogen (secondary N) is 6. The molecule has 0 atom stereocenters. The van der Waals surface area contributed by atoms with Crippen molar-refractivity contribution >= 4 is 46.8 Å². The lowest BCUT2D eigenvalue weighted by atomic mass is 10.1. The van der Waals surface area contributed by atoms with Gasteiger partial charge in [-0.2, -0.15) is 0 Å². The zero-order valence-corrected chi connectivity index (χ0v) is 68.3. The van der Waals surface area contributed by atoms with Crippen LogP contribution < -0.4 is 43.4 Å². The molecular weight excluding hydrogens is 1410 g/mol. The Labute approximate surface area is 695 Å². The van der Waals surface area contributed by atoms with Gasteiger partial charge in [-0.05, 0) is 69.7 Å². The Morgan fingerprint density at radius 2 is 0.616 bits per heavy atom. The molecule has 7 saturated heterocycles. The van der Waals surface area contributed by atoms with Gasteiger partial charge in [-0.1, -0.05) is 199 Å². The van der Waals surface area contributed by atoms with Crippen LogP contribution in [0.3, 0.4) is 0 Å². The van der Waals surface area contributed by atoms with Crippen molar-refractivity contribution in [3.63, 3.8) is 0 Å². The quantitative estimate of drug-likeness (QED) is 0.0459. The van der Waals surface area contributed by atoms with Crippen molar-refractivity contribution in [1.29, 1.82) is 0 Å². The molecule has 0 radical (unpaired) electrons. The van der Waals surface area contributed by atoms with Crippen molar-refractivity contribution in [2.75, 3.05) is 229 Å². The average molecular weight is 1610 g/mol. The summed E-state index contributed by atoms with van der Waals surface area (Å²) >= 11 is 0. The van der Waals surface area contributed by atoms with Gasteiger partial charge in [0.1, 0.15) is 23.1 Å². The van der Waals surface area contributed by atoms with Crippen LogP contribution in [0.15, 0.2) is 0 Å². The van der Waals surface area contributed by atoms with Crippen LogP contribution in [0.5, 0.6) is 0 Å². The van der Waals surface area contributed by atoms with E-state index in [9.17, 15) is 38.4 Å². The molecule has 0 aromatic carbocycles. The van der Waals surface area contributed by atoms with Crippen LogP contribution in [-0.2, 0) is 38.4 Å². The second kappa shape index (κ2) is 84.9. The average Bonchev–Trinajstić information content (AvgIpc) is 0.986. The second-order valence-corrected chi connectivity index (χ2v) is 30.8. The summed E-state index contributed by atoms with van der Waals surface area (Å²) in [7, 11) is 0. The van der Waals surface area contributed by atoms with Gasteiger partial charge in [0, 0.05) is 238 Å². The minimum atomic E-state index is 0. The molecule has 11 N–H and O–H groups in total. The van der Waals surface area contributed by atoms with Crippen LogP contribution in [0, 0.1) is 53.3 Å². The summed E-state index contributed by atoms with van der Waals surface area (Å²) in [6, 6.07) is 0. The van der Waals surface area contributed by atoms with Crippen LogP contribution in [0.2, 0.25) is 0 Å². The molecule has 25 heteroatoms. The van der Waals surface area contributed by atoms with Gasteiger partial charge in [-0.3, -0.25) is 43.3 Å². The number of nitrogens with zero attached hydrogens (tertiary/aromatic N) is 8. The maximum Gasteiger partial charge on any atom is 0.225 e. The van der Waals surface area contributed by atoms with Crippen molar-refractivity contribution in [2.45, 2.75) is 244 Å². The largest absolute Gasteiger partial charge is 0.395 e. The van der Waals surface area contributed by atoms with Crippen LogP contribution in [0.25, 0.3) is 0 Å². The Hall–Kier alpha value is -3.96. The van der Waals surface area contributed by atoms with Crippen molar-refractivity contribution in [2.24, 2.45) is 64.7 Å². The monoisotopic (exact) mass is 1610 g/mol. The van der Waals surface area contributed by atoms with E-state index in [4.69, 9.17) is 16.6 Å². The normalized spacial score (nSPS) is 16.4. The Kier molecular flexibility index (Phi) is 102. The Bertz CT molecular complexity index is 2100. The Morgan fingerprint density at radius 3 is 0.893 bits per heavy atom. The van der Waals surface area contributed by atoms with Gasteiger partial charge in [-0.25, -0.2) is 0 Å². The van der Waals surface area contributed by atoms with E-state index >= 15 is 0 Å². The fourth-order valence-electron chi connectivity index (χ4n) is 11.1. The molecule has 112 heavy (non-hydrogen) atoms. The molecule has 0 saturated carbocycles. The van der Waals surface area contributed by atoms with Crippen LogP contribution >= 0.6 is 0 Å². The maximum absolute atomic E-state index is 11.6. The minimum absolute atomic E-state index is 0. The lowest BCUT2D eigenvalue weighted by Crippen LogP contribution is -2.47. The van der Waals surface area contributed by atoms with Crippen molar-refractivity contribution in [3.8, 4) is 0 Å². The lowest BCUT2D eigenvalue weighted by molar-refractivity contribution is -0.135. The number of aliphatic hydroxyl groups excluding tert-OH is 1. The highest BCUT2D eigenvalue weighted by molar-refractivity contribution is 5.83. The molecule has 7 aliphatic heterocycles. The first kappa shape index (κ1) is 134. The molecular formula is C87H198N16O9. The Balaban J connectivity index is -0.0000001000. The van der Waals surface area contributed by atoms with Crippen molar-refractivity contribution < 1.29 is 43.5 Å². The van der Waals surface area contributed by atoms with E-state index < -0.39 is 0 Å².